The van der Waals surface area contributed by atoms with E-state index < -0.39 is 6.10 Å². The lowest BCUT2D eigenvalue weighted by Crippen LogP contribution is -2.49. The van der Waals surface area contributed by atoms with Crippen LogP contribution in [-0.4, -0.2) is 82.1 Å². The third kappa shape index (κ3) is 6.05. The molecule has 1 atom stereocenters. The highest BCUT2D eigenvalue weighted by Crippen LogP contribution is 2.26. The van der Waals surface area contributed by atoms with Crippen LogP contribution in [0.2, 0.25) is 0 Å². The average Bonchev–Trinajstić information content (AvgIpc) is 3.48. The van der Waals surface area contributed by atoms with Gasteiger partial charge in [-0.25, -0.2) is 9.37 Å². The quantitative estimate of drug-likeness (QED) is 0.369. The van der Waals surface area contributed by atoms with E-state index in [-0.39, 0.29) is 12.4 Å². The highest BCUT2D eigenvalue weighted by Gasteiger charge is 2.20. The van der Waals surface area contributed by atoms with E-state index in [9.17, 15) is 9.50 Å². The Morgan fingerprint density at radius 2 is 1.89 bits per heavy atom. The van der Waals surface area contributed by atoms with E-state index >= 15 is 0 Å². The van der Waals surface area contributed by atoms with Crippen molar-refractivity contribution in [3.63, 3.8) is 0 Å². The van der Waals surface area contributed by atoms with Crippen molar-refractivity contribution < 1.29 is 14.2 Å². The number of β-amino-alcohol motifs (C(OH)–C–C–N with tert-alkyl or cyclic N) is 1. The zero-order valence-corrected chi connectivity index (χ0v) is 20.6. The van der Waals surface area contributed by atoms with Crippen LogP contribution in [0.4, 0.5) is 4.39 Å². The smallest absolute Gasteiger partial charge is 0.123 e. The SMILES string of the molecule is Cc1nc2cc(OC[C@@H](O)CN3CCN(CCc4n[nH]cc4-c4ccc(F)cc4)CC3)ccc2s1. The lowest BCUT2D eigenvalue weighted by atomic mass is 10.0. The van der Waals surface area contributed by atoms with Crippen molar-refractivity contribution in [1.29, 1.82) is 0 Å². The first-order chi connectivity index (χ1) is 17.0. The van der Waals surface area contributed by atoms with Crippen molar-refractivity contribution in [3.05, 3.63) is 65.2 Å². The highest BCUT2D eigenvalue weighted by atomic mass is 32.1. The average molecular weight is 496 g/mol. The van der Waals surface area contributed by atoms with E-state index in [1.165, 1.54) is 12.1 Å². The van der Waals surface area contributed by atoms with E-state index in [1.807, 2.05) is 31.3 Å². The van der Waals surface area contributed by atoms with Crippen LogP contribution in [-0.2, 0) is 6.42 Å². The molecule has 4 aromatic rings. The highest BCUT2D eigenvalue weighted by molar-refractivity contribution is 7.18. The molecule has 2 aromatic carbocycles. The van der Waals surface area contributed by atoms with Crippen molar-refractivity contribution in [2.75, 3.05) is 45.9 Å². The summed E-state index contributed by atoms with van der Waals surface area (Å²) >= 11 is 1.67. The third-order valence-electron chi connectivity index (χ3n) is 6.38. The van der Waals surface area contributed by atoms with Crippen LogP contribution in [0.5, 0.6) is 5.75 Å². The number of aromatic amines is 1. The second-order valence-electron chi connectivity index (χ2n) is 8.97. The first-order valence-corrected chi connectivity index (χ1v) is 12.8. The Balaban J connectivity index is 1.04. The van der Waals surface area contributed by atoms with Gasteiger partial charge in [0.25, 0.3) is 0 Å². The summed E-state index contributed by atoms with van der Waals surface area (Å²) in [6.07, 6.45) is 2.16. The second-order valence-corrected chi connectivity index (χ2v) is 10.2. The molecule has 2 aromatic heterocycles. The lowest BCUT2D eigenvalue weighted by Gasteiger charge is -2.35. The summed E-state index contributed by atoms with van der Waals surface area (Å²) in [5.41, 5.74) is 3.93. The standard InChI is InChI=1S/C26H30FN5O2S/c1-18-29-25-14-22(6-7-26(25)35-18)34-17-21(33)16-32-12-10-31(11-13-32)9-8-24-23(15-28-30-24)19-2-4-20(27)5-3-19/h2-7,14-15,21,33H,8-13,16-17H2,1H3,(H,28,30)/t21-/m0/s1. The summed E-state index contributed by atoms with van der Waals surface area (Å²) in [4.78, 5) is 9.21. The Hall–Kier alpha value is -2.85. The predicted octanol–water partition coefficient (Wildman–Crippen LogP) is 3.73. The number of piperazine rings is 1. The Morgan fingerprint density at radius 3 is 2.69 bits per heavy atom. The zero-order chi connectivity index (χ0) is 24.2. The number of thiazole rings is 1. The number of hydrogen-bond donors (Lipinski definition) is 2. The molecule has 0 amide bonds. The van der Waals surface area contributed by atoms with Gasteiger partial charge >= 0.3 is 0 Å². The number of aryl methyl sites for hydroxylation is 1. The molecular weight excluding hydrogens is 465 g/mol. The molecule has 0 spiro atoms. The van der Waals surface area contributed by atoms with Crippen LogP contribution >= 0.6 is 11.3 Å². The molecule has 7 nitrogen and oxygen atoms in total. The van der Waals surface area contributed by atoms with Crippen LogP contribution in [0.15, 0.2) is 48.7 Å². The number of aliphatic hydroxyl groups is 1. The Bertz CT molecular complexity index is 1250. The normalized spacial score (nSPS) is 16.1. The fraction of sp³-hybridized carbons (Fsp3) is 0.385. The lowest BCUT2D eigenvalue weighted by molar-refractivity contribution is 0.0463. The van der Waals surface area contributed by atoms with E-state index in [2.05, 4.69) is 25.0 Å². The molecule has 35 heavy (non-hydrogen) atoms. The van der Waals surface area contributed by atoms with Gasteiger partial charge in [0.1, 0.15) is 24.3 Å². The molecule has 0 saturated carbocycles. The molecule has 0 unspecified atom stereocenters. The number of aliphatic hydroxyl groups excluding tert-OH is 1. The molecule has 0 radical (unpaired) electrons. The number of rotatable bonds is 9. The minimum atomic E-state index is -0.545. The van der Waals surface area contributed by atoms with E-state index in [1.54, 1.807) is 23.5 Å². The van der Waals surface area contributed by atoms with Crippen molar-refractivity contribution in [1.82, 2.24) is 25.0 Å². The van der Waals surface area contributed by atoms with Crippen molar-refractivity contribution in [2.45, 2.75) is 19.4 Å². The van der Waals surface area contributed by atoms with Crippen LogP contribution in [0.25, 0.3) is 21.3 Å². The van der Waals surface area contributed by atoms with Gasteiger partial charge in [0.05, 0.1) is 20.9 Å². The van der Waals surface area contributed by atoms with E-state index in [0.29, 0.717) is 6.54 Å². The van der Waals surface area contributed by atoms with Gasteiger partial charge in [-0.15, -0.1) is 11.3 Å². The van der Waals surface area contributed by atoms with Gasteiger partial charge in [0, 0.05) is 63.5 Å². The number of hydrogen-bond acceptors (Lipinski definition) is 7. The van der Waals surface area contributed by atoms with E-state index in [0.717, 1.165) is 76.9 Å². The van der Waals surface area contributed by atoms with Gasteiger partial charge < -0.3 is 14.7 Å². The maximum absolute atomic E-state index is 13.2. The van der Waals surface area contributed by atoms with Gasteiger partial charge in [0.2, 0.25) is 0 Å². The summed E-state index contributed by atoms with van der Waals surface area (Å²) < 4.78 is 20.2. The molecular formula is C26H30FN5O2S. The zero-order valence-electron chi connectivity index (χ0n) is 19.8. The van der Waals surface area contributed by atoms with E-state index in [4.69, 9.17) is 4.74 Å². The number of nitrogens with one attached hydrogen (secondary N) is 1. The molecule has 9 heteroatoms. The van der Waals surface area contributed by atoms with Gasteiger partial charge in [-0.1, -0.05) is 12.1 Å². The molecule has 0 aliphatic carbocycles. The number of nitrogens with zero attached hydrogens (tertiary/aromatic N) is 4. The van der Waals surface area contributed by atoms with Crippen LogP contribution in [0.3, 0.4) is 0 Å². The molecule has 0 bridgehead atoms. The minimum Gasteiger partial charge on any atom is -0.491 e. The summed E-state index contributed by atoms with van der Waals surface area (Å²) in [6, 6.07) is 12.4. The number of benzene rings is 2. The minimum absolute atomic E-state index is 0.236. The monoisotopic (exact) mass is 495 g/mol. The molecule has 1 saturated heterocycles. The number of ether oxygens (including phenoxy) is 1. The molecule has 1 fully saturated rings. The molecule has 5 rings (SSSR count). The van der Waals surface area contributed by atoms with Gasteiger partial charge in [-0.3, -0.25) is 10.00 Å². The maximum atomic E-state index is 13.2. The predicted molar refractivity (Wildman–Crippen MR) is 136 cm³/mol. The number of fused-ring (bicyclic) bond motifs is 1. The third-order valence-corrected chi connectivity index (χ3v) is 7.33. The Kier molecular flexibility index (Phi) is 7.38. The van der Waals surface area contributed by atoms with Crippen molar-refractivity contribution in [2.24, 2.45) is 0 Å². The van der Waals surface area contributed by atoms with Crippen molar-refractivity contribution in [3.8, 4) is 16.9 Å². The number of H-pyrrole nitrogens is 1. The molecule has 3 heterocycles. The van der Waals surface area contributed by atoms with Gasteiger partial charge in [0.15, 0.2) is 0 Å². The van der Waals surface area contributed by atoms with Crippen LogP contribution in [0, 0.1) is 12.7 Å². The second kappa shape index (κ2) is 10.8. The fourth-order valence-electron chi connectivity index (χ4n) is 4.50. The van der Waals surface area contributed by atoms with Gasteiger partial charge in [-0.2, -0.15) is 5.10 Å². The maximum Gasteiger partial charge on any atom is 0.123 e. The summed E-state index contributed by atoms with van der Waals surface area (Å²) in [5, 5.41) is 18.9. The number of aromatic nitrogens is 3. The Labute approximate surface area is 208 Å². The molecule has 184 valence electrons. The molecule has 1 aliphatic heterocycles. The van der Waals surface area contributed by atoms with Crippen LogP contribution < -0.4 is 4.74 Å². The molecule has 1 aliphatic rings. The Morgan fingerprint density at radius 1 is 1.11 bits per heavy atom. The van der Waals surface area contributed by atoms with Gasteiger partial charge in [-0.05, 0) is 36.8 Å². The van der Waals surface area contributed by atoms with Crippen LogP contribution in [0.1, 0.15) is 10.7 Å². The summed E-state index contributed by atoms with van der Waals surface area (Å²) in [6.45, 7) is 7.49. The first-order valence-electron chi connectivity index (χ1n) is 11.9. The van der Waals surface area contributed by atoms with Crippen molar-refractivity contribution >= 4 is 21.6 Å². The molecule has 2 N–H and O–H groups in total. The first kappa shape index (κ1) is 23.9. The summed E-state index contributed by atoms with van der Waals surface area (Å²) in [7, 11) is 0. The fourth-order valence-corrected chi connectivity index (χ4v) is 5.31. The summed E-state index contributed by atoms with van der Waals surface area (Å²) in [5.74, 6) is 0.505. The largest absolute Gasteiger partial charge is 0.491 e. The number of halogens is 1. The topological polar surface area (TPSA) is 77.5 Å².